The molecule has 2 atom stereocenters. The number of aliphatic hydroxyl groups is 1. The molecule has 0 heterocycles. The maximum absolute atomic E-state index is 10.6. The normalized spacial score (nSPS) is 13.4. The van der Waals surface area contributed by atoms with Crippen LogP contribution in [0.3, 0.4) is 0 Å². The van der Waals surface area contributed by atoms with Gasteiger partial charge in [-0.2, -0.15) is 0 Å². The number of halogens is 1. The number of aliphatic hydroxyl groups excluding tert-OH is 1. The summed E-state index contributed by atoms with van der Waals surface area (Å²) in [6.07, 6.45) is -0.561. The number of hydrogen-bond donors (Lipinski definition) is 2. The summed E-state index contributed by atoms with van der Waals surface area (Å²) in [5.74, 6) is 0.796. The van der Waals surface area contributed by atoms with Crippen molar-refractivity contribution in [3.63, 3.8) is 0 Å². The minimum Gasteiger partial charge on any atom is -0.497 e. The van der Waals surface area contributed by atoms with E-state index in [1.54, 1.807) is 7.11 Å². The van der Waals surface area contributed by atoms with Gasteiger partial charge >= 0.3 is 0 Å². The molecule has 0 radical (unpaired) electrons. The third-order valence-corrected chi connectivity index (χ3v) is 4.14. The van der Waals surface area contributed by atoms with Crippen LogP contribution in [-0.4, -0.2) is 39.0 Å². The fourth-order valence-corrected chi connectivity index (χ4v) is 2.79. The topological polar surface area (TPSA) is 44.7 Å². The summed E-state index contributed by atoms with van der Waals surface area (Å²) < 4.78 is 5.21. The van der Waals surface area contributed by atoms with Gasteiger partial charge in [-0.25, -0.2) is 0 Å². The molecular weight excluding hydrogens is 312 g/mol. The Bertz CT molecular complexity index is 601. The van der Waals surface area contributed by atoms with Gasteiger partial charge in [-0.1, -0.05) is 23.7 Å². The molecule has 0 bridgehead atoms. The number of benzene rings is 2. The van der Waals surface area contributed by atoms with Crippen molar-refractivity contribution in [2.75, 3.05) is 32.6 Å². The van der Waals surface area contributed by atoms with Crippen LogP contribution in [0.5, 0.6) is 5.75 Å². The van der Waals surface area contributed by atoms with Gasteiger partial charge in [0.15, 0.2) is 0 Å². The quantitative estimate of drug-likeness (QED) is 0.816. The van der Waals surface area contributed by atoms with Crippen LogP contribution in [0, 0.1) is 0 Å². The van der Waals surface area contributed by atoms with Gasteiger partial charge in [0.25, 0.3) is 0 Å². The molecule has 23 heavy (non-hydrogen) atoms. The number of methoxy groups -OCH3 is 1. The number of nitrogens with zero attached hydrogens (tertiary/aromatic N) is 1. The van der Waals surface area contributed by atoms with Gasteiger partial charge < -0.3 is 20.1 Å². The molecule has 0 fully saturated rings. The number of anilines is 1. The van der Waals surface area contributed by atoms with Crippen molar-refractivity contribution in [3.05, 3.63) is 59.1 Å². The number of likely N-dealkylation sites (N-methyl/N-ethyl adjacent to an activating group) is 2. The van der Waals surface area contributed by atoms with E-state index in [0.717, 1.165) is 17.0 Å². The van der Waals surface area contributed by atoms with Gasteiger partial charge in [0.2, 0.25) is 0 Å². The lowest BCUT2D eigenvalue weighted by molar-refractivity contribution is 0.142. The van der Waals surface area contributed by atoms with Gasteiger partial charge in [-0.05, 0) is 49.0 Å². The highest BCUT2D eigenvalue weighted by molar-refractivity contribution is 6.30. The van der Waals surface area contributed by atoms with E-state index in [0.29, 0.717) is 11.6 Å². The van der Waals surface area contributed by atoms with Gasteiger partial charge in [-0.15, -0.1) is 0 Å². The molecule has 2 aromatic carbocycles. The van der Waals surface area contributed by atoms with Crippen LogP contribution in [0.15, 0.2) is 48.5 Å². The van der Waals surface area contributed by atoms with Gasteiger partial charge in [0, 0.05) is 24.3 Å². The third-order valence-electron chi connectivity index (χ3n) is 3.89. The standard InChI is InChI=1S/C18H23ClN2O2/c1-20-12-17(22)18(13-4-10-16(23-3)11-5-13)21(2)15-8-6-14(19)7-9-15/h4-11,17-18,20,22H,12H2,1-3H3. The second-order valence-corrected chi connectivity index (χ2v) is 5.87. The van der Waals surface area contributed by atoms with Crippen molar-refractivity contribution >= 4 is 17.3 Å². The Morgan fingerprint density at radius 1 is 1.13 bits per heavy atom. The molecule has 5 heteroatoms. The van der Waals surface area contributed by atoms with E-state index in [1.165, 1.54) is 0 Å². The molecule has 0 aliphatic rings. The number of ether oxygens (including phenoxy) is 1. The average molecular weight is 335 g/mol. The first kappa shape index (κ1) is 17.6. The minimum atomic E-state index is -0.561. The minimum absolute atomic E-state index is 0.186. The molecule has 0 saturated carbocycles. The van der Waals surface area contributed by atoms with E-state index in [4.69, 9.17) is 16.3 Å². The predicted molar refractivity (Wildman–Crippen MR) is 95.5 cm³/mol. The Morgan fingerprint density at radius 3 is 2.26 bits per heavy atom. The van der Waals surface area contributed by atoms with Crippen LogP contribution >= 0.6 is 11.6 Å². The van der Waals surface area contributed by atoms with Crippen LogP contribution in [0.1, 0.15) is 11.6 Å². The first-order valence-corrected chi connectivity index (χ1v) is 7.89. The second-order valence-electron chi connectivity index (χ2n) is 5.43. The van der Waals surface area contributed by atoms with E-state index in [1.807, 2.05) is 62.6 Å². The second kappa shape index (κ2) is 8.20. The van der Waals surface area contributed by atoms with Crippen molar-refractivity contribution in [2.45, 2.75) is 12.1 Å². The van der Waals surface area contributed by atoms with Crippen molar-refractivity contribution in [1.29, 1.82) is 0 Å². The number of rotatable bonds is 7. The highest BCUT2D eigenvalue weighted by atomic mass is 35.5. The van der Waals surface area contributed by atoms with E-state index < -0.39 is 6.10 Å². The molecule has 0 spiro atoms. The molecule has 4 nitrogen and oxygen atoms in total. The fraction of sp³-hybridized carbons (Fsp3) is 0.333. The van der Waals surface area contributed by atoms with Gasteiger partial charge in [-0.3, -0.25) is 0 Å². The lowest BCUT2D eigenvalue weighted by Crippen LogP contribution is -2.39. The fourth-order valence-electron chi connectivity index (χ4n) is 2.66. The Labute approximate surface area is 142 Å². The monoisotopic (exact) mass is 334 g/mol. The molecule has 2 unspecified atom stereocenters. The van der Waals surface area contributed by atoms with E-state index >= 15 is 0 Å². The Balaban J connectivity index is 2.33. The number of hydrogen-bond acceptors (Lipinski definition) is 4. The lowest BCUT2D eigenvalue weighted by Gasteiger charge is -2.34. The SMILES string of the molecule is CNCC(O)C(c1ccc(OC)cc1)N(C)c1ccc(Cl)cc1. The summed E-state index contributed by atoms with van der Waals surface area (Å²) in [5.41, 5.74) is 2.01. The summed E-state index contributed by atoms with van der Waals surface area (Å²) in [6, 6.07) is 15.2. The molecule has 0 aliphatic heterocycles. The molecule has 0 aliphatic carbocycles. The van der Waals surface area contributed by atoms with Gasteiger partial charge in [0.05, 0.1) is 19.3 Å². The lowest BCUT2D eigenvalue weighted by atomic mass is 9.99. The Kier molecular flexibility index (Phi) is 6.28. The van der Waals surface area contributed by atoms with Crippen LogP contribution in [-0.2, 0) is 0 Å². The summed E-state index contributed by atoms with van der Waals surface area (Å²) in [7, 11) is 5.44. The zero-order valence-electron chi connectivity index (χ0n) is 13.7. The summed E-state index contributed by atoms with van der Waals surface area (Å²) in [5, 5.41) is 14.3. The maximum Gasteiger partial charge on any atom is 0.118 e. The van der Waals surface area contributed by atoms with E-state index in [-0.39, 0.29) is 6.04 Å². The first-order valence-electron chi connectivity index (χ1n) is 7.52. The van der Waals surface area contributed by atoms with Crippen molar-refractivity contribution in [3.8, 4) is 5.75 Å². The van der Waals surface area contributed by atoms with Crippen molar-refractivity contribution in [2.24, 2.45) is 0 Å². The van der Waals surface area contributed by atoms with Gasteiger partial charge in [0.1, 0.15) is 5.75 Å². The predicted octanol–water partition coefficient (Wildman–Crippen LogP) is 3.11. The highest BCUT2D eigenvalue weighted by Crippen LogP contribution is 2.30. The van der Waals surface area contributed by atoms with Crippen molar-refractivity contribution < 1.29 is 9.84 Å². The Hall–Kier alpha value is -1.75. The molecular formula is C18H23ClN2O2. The molecule has 0 aromatic heterocycles. The molecule has 2 rings (SSSR count). The molecule has 124 valence electrons. The van der Waals surface area contributed by atoms with Crippen LogP contribution in [0.25, 0.3) is 0 Å². The molecule has 2 N–H and O–H groups in total. The summed E-state index contributed by atoms with van der Waals surface area (Å²) in [4.78, 5) is 2.06. The largest absolute Gasteiger partial charge is 0.497 e. The molecule has 0 amide bonds. The summed E-state index contributed by atoms with van der Waals surface area (Å²) in [6.45, 7) is 0.495. The first-order chi connectivity index (χ1) is 11.1. The van der Waals surface area contributed by atoms with Crippen molar-refractivity contribution in [1.82, 2.24) is 5.32 Å². The average Bonchev–Trinajstić information content (AvgIpc) is 2.56. The summed E-state index contributed by atoms with van der Waals surface area (Å²) >= 11 is 5.97. The highest BCUT2D eigenvalue weighted by Gasteiger charge is 2.25. The van der Waals surface area contributed by atoms with Crippen LogP contribution in [0.2, 0.25) is 5.02 Å². The Morgan fingerprint density at radius 2 is 1.74 bits per heavy atom. The van der Waals surface area contributed by atoms with Crippen LogP contribution < -0.4 is 15.0 Å². The van der Waals surface area contributed by atoms with E-state index in [2.05, 4.69) is 10.2 Å². The number of nitrogens with one attached hydrogen (secondary N) is 1. The van der Waals surface area contributed by atoms with Crippen LogP contribution in [0.4, 0.5) is 5.69 Å². The molecule has 0 saturated heterocycles. The maximum atomic E-state index is 10.6. The zero-order chi connectivity index (χ0) is 16.8. The smallest absolute Gasteiger partial charge is 0.118 e. The zero-order valence-corrected chi connectivity index (χ0v) is 14.4. The third kappa shape index (κ3) is 4.38. The van der Waals surface area contributed by atoms with E-state index in [9.17, 15) is 5.11 Å². The molecule has 2 aromatic rings.